The molecule has 10 heteroatoms. The fourth-order valence-electron chi connectivity index (χ4n) is 4.65. The van der Waals surface area contributed by atoms with Crippen LogP contribution in [0.2, 0.25) is 0 Å². The number of nitrogens with one attached hydrogen (secondary N) is 3. The average Bonchev–Trinajstić information content (AvgIpc) is 3.64. The molecule has 42 heavy (non-hydrogen) atoms. The number of aromatic nitrogens is 4. The maximum Gasteiger partial charge on any atom is 0.324 e. The van der Waals surface area contributed by atoms with E-state index in [1.807, 2.05) is 88.8 Å². The Morgan fingerprint density at radius 3 is 2.64 bits per heavy atom. The van der Waals surface area contributed by atoms with Gasteiger partial charge in [-0.2, -0.15) is 0 Å². The van der Waals surface area contributed by atoms with Gasteiger partial charge in [-0.15, -0.1) is 11.3 Å². The minimum absolute atomic E-state index is 0.304. The highest BCUT2D eigenvalue weighted by Gasteiger charge is 2.18. The number of fused-ring (bicyclic) bond motifs is 1. The number of thiophene rings is 1. The highest BCUT2D eigenvalue weighted by molar-refractivity contribution is 7.14. The molecule has 9 nitrogen and oxygen atoms in total. The van der Waals surface area contributed by atoms with Crippen LogP contribution in [0.4, 0.5) is 27.1 Å². The van der Waals surface area contributed by atoms with Crippen LogP contribution in [0, 0.1) is 0 Å². The number of nitrogens with zero attached hydrogens (tertiary/aromatic N) is 5. The Hall–Kier alpha value is -5.06. The van der Waals surface area contributed by atoms with E-state index in [1.54, 1.807) is 6.20 Å². The third-order valence-corrected chi connectivity index (χ3v) is 7.40. The molecule has 6 rings (SSSR count). The lowest BCUT2D eigenvalue weighted by molar-refractivity contribution is 0.262. The van der Waals surface area contributed by atoms with E-state index in [1.165, 1.54) is 16.9 Å². The van der Waals surface area contributed by atoms with Crippen molar-refractivity contribution in [1.29, 1.82) is 0 Å². The molecule has 6 aromatic rings. The van der Waals surface area contributed by atoms with E-state index in [0.717, 1.165) is 51.9 Å². The molecule has 2 aromatic carbocycles. The zero-order valence-electron chi connectivity index (χ0n) is 23.3. The minimum atomic E-state index is -0.304. The lowest BCUT2D eigenvalue weighted by Gasteiger charge is -2.12. The van der Waals surface area contributed by atoms with Crippen molar-refractivity contribution in [3.05, 3.63) is 108 Å². The lowest BCUT2D eigenvalue weighted by Crippen LogP contribution is -2.18. The fourth-order valence-corrected chi connectivity index (χ4v) is 5.26. The number of imidazole rings is 1. The fraction of sp³-hybridized carbons (Fsp3) is 0.125. The molecular formula is C32H30N8OS. The molecule has 4 heterocycles. The molecule has 0 aliphatic heterocycles. The van der Waals surface area contributed by atoms with Gasteiger partial charge in [0.1, 0.15) is 5.65 Å². The molecule has 0 saturated heterocycles. The summed E-state index contributed by atoms with van der Waals surface area (Å²) in [6.45, 7) is 0.975. The van der Waals surface area contributed by atoms with Crippen molar-refractivity contribution in [3.8, 4) is 22.6 Å². The van der Waals surface area contributed by atoms with Gasteiger partial charge in [0.25, 0.3) is 0 Å². The van der Waals surface area contributed by atoms with Crippen molar-refractivity contribution < 1.29 is 4.79 Å². The molecule has 0 aliphatic rings. The van der Waals surface area contributed by atoms with Crippen LogP contribution in [0.15, 0.2) is 103 Å². The van der Waals surface area contributed by atoms with Gasteiger partial charge in [-0.1, -0.05) is 30.3 Å². The number of carbonyl (C=O) groups excluding carboxylic acids is 1. The topological polar surface area (TPSA) is 99.5 Å². The number of amides is 2. The molecule has 3 N–H and O–H groups in total. The van der Waals surface area contributed by atoms with Crippen molar-refractivity contribution in [2.24, 2.45) is 0 Å². The minimum Gasteiger partial charge on any atom is -0.324 e. The predicted molar refractivity (Wildman–Crippen MR) is 171 cm³/mol. The number of rotatable bonds is 9. The van der Waals surface area contributed by atoms with Gasteiger partial charge in [-0.25, -0.2) is 19.7 Å². The smallest absolute Gasteiger partial charge is 0.324 e. The number of hydrogen-bond acceptors (Lipinski definition) is 7. The van der Waals surface area contributed by atoms with Crippen molar-refractivity contribution in [2.75, 3.05) is 36.6 Å². The van der Waals surface area contributed by atoms with Gasteiger partial charge in [-0.05, 0) is 86.1 Å². The van der Waals surface area contributed by atoms with Gasteiger partial charge in [-0.3, -0.25) is 9.72 Å². The first kappa shape index (κ1) is 27.1. The number of anilines is 4. The highest BCUT2D eigenvalue weighted by atomic mass is 32.1. The SMILES string of the molecule is CN(C)CCc1cccc(Nc2nccc(-c3c(-c4cccc(NC(=O)Nc5cccs5)c4)nc4ccccn34)n2)c1. The van der Waals surface area contributed by atoms with Gasteiger partial charge < -0.3 is 15.5 Å². The predicted octanol–water partition coefficient (Wildman–Crippen LogP) is 7.01. The second-order valence-electron chi connectivity index (χ2n) is 10.0. The van der Waals surface area contributed by atoms with E-state index >= 15 is 0 Å². The van der Waals surface area contributed by atoms with E-state index in [4.69, 9.17) is 9.97 Å². The molecule has 4 aromatic heterocycles. The zero-order valence-corrected chi connectivity index (χ0v) is 24.1. The van der Waals surface area contributed by atoms with E-state index in [-0.39, 0.29) is 6.03 Å². The summed E-state index contributed by atoms with van der Waals surface area (Å²) in [5.41, 5.74) is 6.77. The summed E-state index contributed by atoms with van der Waals surface area (Å²) < 4.78 is 2.02. The summed E-state index contributed by atoms with van der Waals surface area (Å²) in [5.74, 6) is 0.495. The second kappa shape index (κ2) is 12.2. The number of hydrogen-bond donors (Lipinski definition) is 3. The largest absolute Gasteiger partial charge is 0.324 e. The number of benzene rings is 2. The first-order valence-electron chi connectivity index (χ1n) is 13.5. The molecule has 0 unspecified atom stereocenters. The molecule has 0 bridgehead atoms. The van der Waals surface area contributed by atoms with Gasteiger partial charge in [0, 0.05) is 35.9 Å². The van der Waals surface area contributed by atoms with Crippen LogP contribution in [-0.2, 0) is 6.42 Å². The monoisotopic (exact) mass is 574 g/mol. The van der Waals surface area contributed by atoms with Crippen LogP contribution in [0.1, 0.15) is 5.56 Å². The molecule has 0 spiro atoms. The maximum atomic E-state index is 12.6. The Morgan fingerprint density at radius 2 is 1.79 bits per heavy atom. The first-order chi connectivity index (χ1) is 20.5. The molecule has 0 radical (unpaired) electrons. The van der Waals surface area contributed by atoms with Gasteiger partial charge in [0.05, 0.1) is 22.1 Å². The van der Waals surface area contributed by atoms with Crippen LogP contribution in [0.3, 0.4) is 0 Å². The summed E-state index contributed by atoms with van der Waals surface area (Å²) in [4.78, 5) is 29.1. The molecule has 2 amide bonds. The standard InChI is InChI=1S/C32H30N8OS/c1-39(2)18-15-22-8-5-10-24(20-22)34-31-33-16-14-26(36-31)30-29(37-27-12-3-4-17-40(27)30)23-9-6-11-25(21-23)35-32(41)38-28-13-7-19-42-28/h3-14,16-17,19-21H,15,18H2,1-2H3,(H,33,34,36)(H2,35,38,41). The summed E-state index contributed by atoms with van der Waals surface area (Å²) in [5, 5.41) is 11.8. The van der Waals surface area contributed by atoms with Crippen LogP contribution >= 0.6 is 11.3 Å². The molecule has 0 atom stereocenters. The second-order valence-corrected chi connectivity index (χ2v) is 11.0. The van der Waals surface area contributed by atoms with Crippen LogP contribution in [0.5, 0.6) is 0 Å². The van der Waals surface area contributed by atoms with E-state index in [2.05, 4.69) is 52.1 Å². The van der Waals surface area contributed by atoms with Crippen LogP contribution in [-0.4, -0.2) is 50.9 Å². The zero-order chi connectivity index (χ0) is 28.9. The van der Waals surface area contributed by atoms with E-state index in [0.29, 0.717) is 11.6 Å². The molecular weight excluding hydrogens is 544 g/mol. The Kier molecular flexibility index (Phi) is 7.89. The lowest BCUT2D eigenvalue weighted by atomic mass is 10.1. The number of urea groups is 1. The van der Waals surface area contributed by atoms with Crippen molar-refractivity contribution in [3.63, 3.8) is 0 Å². The molecule has 210 valence electrons. The normalized spacial score (nSPS) is 11.1. The average molecular weight is 575 g/mol. The first-order valence-corrected chi connectivity index (χ1v) is 14.4. The third-order valence-electron chi connectivity index (χ3n) is 6.61. The Labute approximate surface area is 247 Å². The van der Waals surface area contributed by atoms with Crippen molar-refractivity contribution in [2.45, 2.75) is 6.42 Å². The number of pyridine rings is 1. The van der Waals surface area contributed by atoms with E-state index < -0.39 is 0 Å². The number of carbonyl (C=O) groups is 1. The van der Waals surface area contributed by atoms with Crippen molar-refractivity contribution >= 4 is 45.3 Å². The Bertz CT molecular complexity index is 1830. The number of likely N-dealkylation sites (N-methyl/N-ethyl adjacent to an activating group) is 1. The van der Waals surface area contributed by atoms with Gasteiger partial charge >= 0.3 is 6.03 Å². The molecule has 0 saturated carbocycles. The quantitative estimate of drug-likeness (QED) is 0.172. The summed E-state index contributed by atoms with van der Waals surface area (Å²) in [6, 6.07) is 27.2. The summed E-state index contributed by atoms with van der Waals surface area (Å²) >= 11 is 1.47. The van der Waals surface area contributed by atoms with Crippen molar-refractivity contribution in [1.82, 2.24) is 24.3 Å². The van der Waals surface area contributed by atoms with Crippen LogP contribution < -0.4 is 16.0 Å². The van der Waals surface area contributed by atoms with E-state index in [9.17, 15) is 4.79 Å². The third kappa shape index (κ3) is 6.30. The molecule has 0 aliphatic carbocycles. The highest BCUT2D eigenvalue weighted by Crippen LogP contribution is 2.33. The summed E-state index contributed by atoms with van der Waals surface area (Å²) in [7, 11) is 4.15. The Morgan fingerprint density at radius 1 is 0.905 bits per heavy atom. The van der Waals surface area contributed by atoms with Gasteiger partial charge in [0.2, 0.25) is 5.95 Å². The van der Waals surface area contributed by atoms with Gasteiger partial charge in [0.15, 0.2) is 0 Å². The maximum absolute atomic E-state index is 12.6. The molecule has 0 fully saturated rings. The van der Waals surface area contributed by atoms with Crippen LogP contribution in [0.25, 0.3) is 28.3 Å². The Balaban J connectivity index is 1.31. The summed E-state index contributed by atoms with van der Waals surface area (Å²) in [6.07, 6.45) is 4.68.